The first-order chi connectivity index (χ1) is 11.2. The molecule has 0 saturated heterocycles. The summed E-state index contributed by atoms with van der Waals surface area (Å²) >= 11 is 1.52. The monoisotopic (exact) mass is 329 g/mol. The Labute approximate surface area is 136 Å². The zero-order chi connectivity index (χ0) is 16.0. The van der Waals surface area contributed by atoms with Crippen molar-refractivity contribution < 1.29 is 9.32 Å². The summed E-state index contributed by atoms with van der Waals surface area (Å²) in [5.74, 6) is 1.11. The van der Waals surface area contributed by atoms with Gasteiger partial charge in [-0.25, -0.2) is 0 Å². The lowest BCUT2D eigenvalue weighted by Crippen LogP contribution is -2.25. The molecule has 1 aliphatic rings. The molecule has 4 heterocycles. The molecule has 7 nitrogen and oxygen atoms in total. The second kappa shape index (κ2) is 5.31. The van der Waals surface area contributed by atoms with Crippen molar-refractivity contribution in [2.75, 3.05) is 0 Å². The maximum absolute atomic E-state index is 12.5. The highest BCUT2D eigenvalue weighted by molar-refractivity contribution is 7.08. The van der Waals surface area contributed by atoms with Crippen molar-refractivity contribution in [2.24, 2.45) is 7.05 Å². The van der Waals surface area contributed by atoms with Gasteiger partial charge in [0.25, 0.3) is 11.8 Å². The molecule has 0 spiro atoms. The number of nitrogens with zero attached hydrogens (tertiary/aromatic N) is 5. The maximum Gasteiger partial charge on any atom is 0.278 e. The highest BCUT2D eigenvalue weighted by Gasteiger charge is 2.32. The SMILES string of the molecule is CCc1noc(-c2nn(C)c3c2CN(C(=O)c2ccsc2)C3)n1. The van der Waals surface area contributed by atoms with E-state index in [2.05, 4.69) is 15.2 Å². The van der Waals surface area contributed by atoms with Crippen molar-refractivity contribution in [3.63, 3.8) is 0 Å². The Morgan fingerprint density at radius 3 is 3.00 bits per heavy atom. The minimum atomic E-state index is 0.0353. The molecule has 0 aromatic carbocycles. The molecule has 0 fully saturated rings. The fourth-order valence-electron chi connectivity index (χ4n) is 2.77. The summed E-state index contributed by atoms with van der Waals surface area (Å²) in [7, 11) is 1.87. The highest BCUT2D eigenvalue weighted by atomic mass is 32.1. The van der Waals surface area contributed by atoms with Gasteiger partial charge in [0.2, 0.25) is 0 Å². The van der Waals surface area contributed by atoms with Gasteiger partial charge in [-0.1, -0.05) is 12.1 Å². The summed E-state index contributed by atoms with van der Waals surface area (Å²) in [6.07, 6.45) is 0.710. The van der Waals surface area contributed by atoms with E-state index in [9.17, 15) is 4.79 Å². The number of thiophene rings is 1. The minimum Gasteiger partial charge on any atom is -0.332 e. The van der Waals surface area contributed by atoms with Crippen molar-refractivity contribution in [1.82, 2.24) is 24.8 Å². The number of aryl methyl sites for hydroxylation is 2. The molecule has 3 aromatic heterocycles. The first-order valence-corrected chi connectivity index (χ1v) is 8.30. The van der Waals surface area contributed by atoms with Crippen LogP contribution in [0.1, 0.15) is 34.4 Å². The molecule has 4 rings (SSSR count). The Balaban J connectivity index is 1.66. The van der Waals surface area contributed by atoms with Crippen LogP contribution in [0.5, 0.6) is 0 Å². The Kier molecular flexibility index (Phi) is 3.26. The molecular formula is C15H15N5O2S. The number of hydrogen-bond acceptors (Lipinski definition) is 6. The summed E-state index contributed by atoms with van der Waals surface area (Å²) in [5, 5.41) is 12.2. The zero-order valence-electron chi connectivity index (χ0n) is 12.8. The van der Waals surface area contributed by atoms with Crippen LogP contribution in [0.15, 0.2) is 21.3 Å². The van der Waals surface area contributed by atoms with Gasteiger partial charge in [-0.2, -0.15) is 21.4 Å². The molecule has 118 valence electrons. The summed E-state index contributed by atoms with van der Waals surface area (Å²) in [4.78, 5) is 18.7. The Morgan fingerprint density at radius 2 is 2.30 bits per heavy atom. The summed E-state index contributed by atoms with van der Waals surface area (Å²) in [6, 6.07) is 1.85. The molecule has 23 heavy (non-hydrogen) atoms. The largest absolute Gasteiger partial charge is 0.332 e. The van der Waals surface area contributed by atoms with Gasteiger partial charge >= 0.3 is 0 Å². The predicted octanol–water partition coefficient (Wildman–Crippen LogP) is 2.25. The molecule has 1 aliphatic heterocycles. The van der Waals surface area contributed by atoms with Gasteiger partial charge in [0.05, 0.1) is 24.3 Å². The molecule has 0 unspecified atom stereocenters. The number of carbonyl (C=O) groups excluding carboxylic acids is 1. The number of rotatable bonds is 3. The molecule has 0 radical (unpaired) electrons. The van der Waals surface area contributed by atoms with Crippen LogP contribution in [0.25, 0.3) is 11.6 Å². The zero-order valence-corrected chi connectivity index (χ0v) is 13.6. The number of amides is 1. The molecule has 3 aromatic rings. The van der Waals surface area contributed by atoms with Gasteiger partial charge < -0.3 is 9.42 Å². The van der Waals surface area contributed by atoms with E-state index in [0.29, 0.717) is 36.9 Å². The van der Waals surface area contributed by atoms with Crippen LogP contribution in [-0.4, -0.2) is 30.7 Å². The molecule has 0 N–H and O–H groups in total. The molecule has 0 aliphatic carbocycles. The summed E-state index contributed by atoms with van der Waals surface area (Å²) in [5.41, 5.74) is 3.40. The number of fused-ring (bicyclic) bond motifs is 1. The van der Waals surface area contributed by atoms with Crippen LogP contribution in [0.3, 0.4) is 0 Å². The average molecular weight is 329 g/mol. The van der Waals surface area contributed by atoms with E-state index in [0.717, 1.165) is 16.8 Å². The van der Waals surface area contributed by atoms with Crippen LogP contribution in [0.2, 0.25) is 0 Å². The molecule has 0 atom stereocenters. The van der Waals surface area contributed by atoms with Crippen molar-refractivity contribution in [1.29, 1.82) is 0 Å². The van der Waals surface area contributed by atoms with E-state index in [1.54, 1.807) is 4.68 Å². The average Bonchev–Trinajstić information content (AvgIpc) is 3.33. The Hall–Kier alpha value is -2.48. The van der Waals surface area contributed by atoms with E-state index in [4.69, 9.17) is 4.52 Å². The standard InChI is InChI=1S/C15H15N5O2S/c1-3-12-16-14(22-18-12)13-10-6-20(7-11(10)19(2)17-13)15(21)9-4-5-23-8-9/h4-5,8H,3,6-7H2,1-2H3. The summed E-state index contributed by atoms with van der Waals surface area (Å²) < 4.78 is 7.10. The molecular weight excluding hydrogens is 314 g/mol. The Bertz CT molecular complexity index is 865. The summed E-state index contributed by atoms with van der Waals surface area (Å²) in [6.45, 7) is 3.03. The first-order valence-electron chi connectivity index (χ1n) is 7.36. The van der Waals surface area contributed by atoms with E-state index in [-0.39, 0.29) is 5.91 Å². The lowest BCUT2D eigenvalue weighted by molar-refractivity contribution is 0.0749. The maximum atomic E-state index is 12.5. The molecule has 0 bridgehead atoms. The van der Waals surface area contributed by atoms with Crippen molar-refractivity contribution in [3.8, 4) is 11.6 Å². The number of hydrogen-bond donors (Lipinski definition) is 0. The quantitative estimate of drug-likeness (QED) is 0.736. The topological polar surface area (TPSA) is 77.0 Å². The van der Waals surface area contributed by atoms with Crippen LogP contribution in [0, 0.1) is 0 Å². The number of aromatic nitrogens is 4. The van der Waals surface area contributed by atoms with Crippen molar-refractivity contribution >= 4 is 17.2 Å². The third-order valence-corrected chi connectivity index (χ3v) is 4.69. The second-order valence-electron chi connectivity index (χ2n) is 5.44. The van der Waals surface area contributed by atoms with Crippen LogP contribution in [0.4, 0.5) is 0 Å². The van der Waals surface area contributed by atoms with Gasteiger partial charge in [0, 0.05) is 24.4 Å². The first kappa shape index (κ1) is 14.1. The smallest absolute Gasteiger partial charge is 0.278 e. The molecule has 8 heteroatoms. The number of carbonyl (C=O) groups is 1. The molecule has 0 saturated carbocycles. The normalized spacial score (nSPS) is 13.6. The third-order valence-electron chi connectivity index (χ3n) is 4.01. The minimum absolute atomic E-state index is 0.0353. The second-order valence-corrected chi connectivity index (χ2v) is 6.22. The highest BCUT2D eigenvalue weighted by Crippen LogP contribution is 2.32. The van der Waals surface area contributed by atoms with Crippen molar-refractivity contribution in [2.45, 2.75) is 26.4 Å². The lowest BCUT2D eigenvalue weighted by Gasteiger charge is -2.15. The van der Waals surface area contributed by atoms with Gasteiger partial charge in [-0.3, -0.25) is 9.48 Å². The van der Waals surface area contributed by atoms with E-state index >= 15 is 0 Å². The fourth-order valence-corrected chi connectivity index (χ4v) is 3.40. The van der Waals surface area contributed by atoms with Gasteiger partial charge in [0.1, 0.15) is 0 Å². The van der Waals surface area contributed by atoms with Crippen molar-refractivity contribution in [3.05, 3.63) is 39.5 Å². The van der Waals surface area contributed by atoms with E-state index < -0.39 is 0 Å². The van der Waals surface area contributed by atoms with E-state index in [1.165, 1.54) is 11.3 Å². The van der Waals surface area contributed by atoms with Crippen LogP contribution in [-0.2, 0) is 26.6 Å². The fraction of sp³-hybridized carbons (Fsp3) is 0.333. The third kappa shape index (κ3) is 2.26. The van der Waals surface area contributed by atoms with Gasteiger partial charge in [-0.15, -0.1) is 0 Å². The predicted molar refractivity (Wildman–Crippen MR) is 83.8 cm³/mol. The van der Waals surface area contributed by atoms with Crippen LogP contribution < -0.4 is 0 Å². The van der Waals surface area contributed by atoms with Crippen LogP contribution >= 0.6 is 11.3 Å². The molecule has 1 amide bonds. The van der Waals surface area contributed by atoms with Gasteiger partial charge in [0.15, 0.2) is 11.5 Å². The Morgan fingerprint density at radius 1 is 1.43 bits per heavy atom. The van der Waals surface area contributed by atoms with E-state index in [1.807, 2.05) is 35.7 Å². The lowest BCUT2D eigenvalue weighted by atomic mass is 10.2. The van der Waals surface area contributed by atoms with Gasteiger partial charge in [-0.05, 0) is 11.4 Å².